The summed E-state index contributed by atoms with van der Waals surface area (Å²) < 4.78 is 81.7. The third-order valence-corrected chi connectivity index (χ3v) is 8.99. The quantitative estimate of drug-likeness (QED) is 0.253. The number of alkyl halides is 3. The number of hydrogen-bond acceptors (Lipinski definition) is 4. The maximum atomic E-state index is 14.6. The van der Waals surface area contributed by atoms with Gasteiger partial charge in [-0.05, 0) is 70.0 Å². The van der Waals surface area contributed by atoms with Crippen molar-refractivity contribution in [2.45, 2.75) is 83.9 Å². The van der Waals surface area contributed by atoms with E-state index in [1.54, 1.807) is 30.6 Å². The van der Waals surface area contributed by atoms with E-state index in [-0.39, 0.29) is 35.6 Å². The molecule has 0 N–H and O–H groups in total. The van der Waals surface area contributed by atoms with E-state index in [0.29, 0.717) is 51.0 Å². The van der Waals surface area contributed by atoms with Crippen molar-refractivity contribution in [1.29, 1.82) is 0 Å². The Hall–Kier alpha value is -2.30. The average molecular weight is 577 g/mol. The summed E-state index contributed by atoms with van der Waals surface area (Å²) in [7, 11) is -1.57. The van der Waals surface area contributed by atoms with Gasteiger partial charge in [-0.15, -0.1) is 0 Å². The van der Waals surface area contributed by atoms with Crippen LogP contribution in [0.1, 0.15) is 57.6 Å². The summed E-state index contributed by atoms with van der Waals surface area (Å²) in [5.74, 6) is -0.327. The lowest BCUT2D eigenvalue weighted by Gasteiger charge is -2.49. The van der Waals surface area contributed by atoms with E-state index in [1.165, 1.54) is 6.07 Å². The number of nitrogens with zero attached hydrogens (tertiary/aromatic N) is 2. The molecular formula is C28H41F5N2O3Si. The Morgan fingerprint density at radius 2 is 1.69 bits per heavy atom. The van der Waals surface area contributed by atoms with Crippen molar-refractivity contribution in [3.63, 3.8) is 0 Å². The molecule has 0 bridgehead atoms. The van der Waals surface area contributed by atoms with Crippen LogP contribution in [0.3, 0.4) is 0 Å². The molecule has 0 atom stereocenters. The maximum absolute atomic E-state index is 14.6. The largest absolute Gasteiger partial charge is 0.493 e. The number of anilines is 1. The second-order valence-electron chi connectivity index (χ2n) is 13.0. The van der Waals surface area contributed by atoms with Crippen LogP contribution < -0.4 is 9.64 Å². The lowest BCUT2D eigenvalue weighted by molar-refractivity contribution is -0.138. The molecule has 2 aliphatic heterocycles. The molecule has 2 saturated heterocycles. The lowest BCUT2D eigenvalue weighted by atomic mass is 9.72. The Morgan fingerprint density at radius 1 is 1.05 bits per heavy atom. The molecule has 39 heavy (non-hydrogen) atoms. The fraction of sp³-hybridized carbons (Fsp3) is 0.679. The van der Waals surface area contributed by atoms with Gasteiger partial charge in [-0.3, -0.25) is 0 Å². The molecule has 1 spiro atoms. The molecule has 1 aromatic carbocycles. The van der Waals surface area contributed by atoms with Crippen LogP contribution in [0.4, 0.5) is 32.4 Å². The summed E-state index contributed by atoms with van der Waals surface area (Å²) in [5, 5.41) is 0. The molecular weight excluding hydrogens is 535 g/mol. The van der Waals surface area contributed by atoms with Gasteiger partial charge in [0.1, 0.15) is 16.9 Å². The van der Waals surface area contributed by atoms with E-state index < -0.39 is 37.6 Å². The average Bonchev–Trinajstić information content (AvgIpc) is 2.77. The first-order valence-electron chi connectivity index (χ1n) is 13.5. The van der Waals surface area contributed by atoms with Crippen molar-refractivity contribution in [2.75, 3.05) is 37.7 Å². The number of rotatable bonds is 6. The summed E-state index contributed by atoms with van der Waals surface area (Å²) in [4.78, 5) is 15.8. The SMILES string of the molecule is CC(C)(C)OC(=O)N1CCC2(CCCN(c3c(C=C(F)F)ccc(OCC[Si](C)(C)C)c3C(F)(F)F)C2)CC1. The van der Waals surface area contributed by atoms with E-state index in [1.807, 2.05) is 0 Å². The normalized spacial score (nSPS) is 18.2. The third kappa shape index (κ3) is 8.59. The molecule has 1 aromatic rings. The highest BCUT2D eigenvalue weighted by Gasteiger charge is 2.44. The zero-order chi connectivity index (χ0) is 29.2. The van der Waals surface area contributed by atoms with Crippen LogP contribution in [0.25, 0.3) is 6.08 Å². The number of benzene rings is 1. The molecule has 0 aliphatic carbocycles. The molecule has 0 radical (unpaired) electrons. The molecule has 2 heterocycles. The van der Waals surface area contributed by atoms with E-state index in [0.717, 1.165) is 12.5 Å². The molecule has 2 fully saturated rings. The molecule has 1 amide bonds. The van der Waals surface area contributed by atoms with Gasteiger partial charge < -0.3 is 19.3 Å². The van der Waals surface area contributed by atoms with Crippen molar-refractivity contribution >= 4 is 25.9 Å². The molecule has 11 heteroatoms. The summed E-state index contributed by atoms with van der Waals surface area (Å²) in [5.41, 5.74) is -2.39. The van der Waals surface area contributed by atoms with Crippen molar-refractivity contribution in [3.8, 4) is 5.75 Å². The maximum Gasteiger partial charge on any atom is 0.421 e. The van der Waals surface area contributed by atoms with Gasteiger partial charge in [0.05, 0.1) is 12.3 Å². The second-order valence-corrected chi connectivity index (χ2v) is 18.6. The van der Waals surface area contributed by atoms with E-state index in [2.05, 4.69) is 19.6 Å². The van der Waals surface area contributed by atoms with Gasteiger partial charge in [0.2, 0.25) is 0 Å². The minimum Gasteiger partial charge on any atom is -0.493 e. The first-order chi connectivity index (χ1) is 17.9. The van der Waals surface area contributed by atoms with Gasteiger partial charge in [-0.1, -0.05) is 19.6 Å². The number of hydrogen-bond donors (Lipinski definition) is 0. The lowest BCUT2D eigenvalue weighted by Crippen LogP contribution is -2.51. The molecule has 5 nitrogen and oxygen atoms in total. The van der Waals surface area contributed by atoms with Crippen LogP contribution in [0.5, 0.6) is 5.75 Å². The molecule has 0 aromatic heterocycles. The standard InChI is InChI=1S/C28H41F5N2O3Si/c1-26(2,3)38-25(36)34-14-11-27(12-15-34)10-7-13-35(19-27)24-20(18-22(29)30)8-9-21(23(24)28(31,32)33)37-16-17-39(4,5)6/h8-9,18H,7,10-17,19H2,1-6H3. The van der Waals surface area contributed by atoms with Crippen LogP contribution in [0, 0.1) is 5.41 Å². The highest BCUT2D eigenvalue weighted by Crippen LogP contribution is 2.49. The van der Waals surface area contributed by atoms with E-state index >= 15 is 0 Å². The first kappa shape index (κ1) is 31.2. The van der Waals surface area contributed by atoms with E-state index in [9.17, 15) is 26.7 Å². The Labute approximate surface area is 229 Å². The number of ether oxygens (including phenoxy) is 2. The Kier molecular flexibility index (Phi) is 9.34. The van der Waals surface area contributed by atoms with Gasteiger partial charge in [0.15, 0.2) is 0 Å². The van der Waals surface area contributed by atoms with Crippen LogP contribution in [0.2, 0.25) is 25.7 Å². The monoisotopic (exact) mass is 576 g/mol. The predicted molar refractivity (Wildman–Crippen MR) is 146 cm³/mol. The minimum atomic E-state index is -4.80. The van der Waals surface area contributed by atoms with Gasteiger partial charge >= 0.3 is 12.3 Å². The number of piperidine rings is 2. The third-order valence-electron chi connectivity index (χ3n) is 7.28. The smallest absolute Gasteiger partial charge is 0.421 e. The second kappa shape index (κ2) is 11.7. The Balaban J connectivity index is 1.93. The Bertz CT molecular complexity index is 1050. The first-order valence-corrected chi connectivity index (χ1v) is 17.2. The van der Waals surface area contributed by atoms with Crippen LogP contribution in [-0.4, -0.2) is 57.5 Å². The summed E-state index contributed by atoms with van der Waals surface area (Å²) in [6.45, 7) is 13.3. The van der Waals surface area contributed by atoms with E-state index in [4.69, 9.17) is 9.47 Å². The Morgan fingerprint density at radius 3 is 2.23 bits per heavy atom. The molecule has 2 aliphatic rings. The van der Waals surface area contributed by atoms with Crippen LogP contribution in [-0.2, 0) is 10.9 Å². The summed E-state index contributed by atoms with van der Waals surface area (Å²) in [6, 6.07) is 3.12. The van der Waals surface area contributed by atoms with Gasteiger partial charge in [-0.25, -0.2) is 4.79 Å². The molecule has 0 unspecified atom stereocenters. The van der Waals surface area contributed by atoms with Crippen molar-refractivity contribution in [1.82, 2.24) is 4.90 Å². The summed E-state index contributed by atoms with van der Waals surface area (Å²) in [6.07, 6.45) is -4.16. The number of amides is 1. The minimum absolute atomic E-state index is 0.134. The molecule has 0 saturated carbocycles. The predicted octanol–water partition coefficient (Wildman–Crippen LogP) is 8.28. The topological polar surface area (TPSA) is 42.0 Å². The van der Waals surface area contributed by atoms with Crippen LogP contribution >= 0.6 is 0 Å². The zero-order valence-corrected chi connectivity index (χ0v) is 24.8. The number of carbonyl (C=O) groups excluding carboxylic acids is 1. The van der Waals surface area contributed by atoms with Crippen molar-refractivity contribution in [2.24, 2.45) is 5.41 Å². The molecule has 3 rings (SSSR count). The highest BCUT2D eigenvalue weighted by atomic mass is 28.3. The highest BCUT2D eigenvalue weighted by molar-refractivity contribution is 6.76. The fourth-order valence-electron chi connectivity index (χ4n) is 5.32. The van der Waals surface area contributed by atoms with Crippen molar-refractivity contribution < 1.29 is 36.2 Å². The van der Waals surface area contributed by atoms with Gasteiger partial charge in [-0.2, -0.15) is 22.0 Å². The van der Waals surface area contributed by atoms with Gasteiger partial charge in [0.25, 0.3) is 6.08 Å². The molecule has 220 valence electrons. The number of carbonyl (C=O) groups is 1. The van der Waals surface area contributed by atoms with Crippen LogP contribution in [0.15, 0.2) is 18.2 Å². The van der Waals surface area contributed by atoms with Gasteiger partial charge in [0, 0.05) is 45.9 Å². The number of likely N-dealkylation sites (tertiary alicyclic amines) is 1. The van der Waals surface area contributed by atoms with Crippen molar-refractivity contribution in [3.05, 3.63) is 29.3 Å². The summed E-state index contributed by atoms with van der Waals surface area (Å²) >= 11 is 0. The fourth-order valence-corrected chi connectivity index (χ4v) is 6.04. The zero-order valence-electron chi connectivity index (χ0n) is 23.8. The number of halogens is 5.